The molecule has 1 aliphatic heterocycles. The molecule has 6 nitrogen and oxygen atoms in total. The van der Waals surface area contributed by atoms with Crippen LogP contribution in [0.2, 0.25) is 5.02 Å². The van der Waals surface area contributed by atoms with Crippen LogP contribution in [0.1, 0.15) is 21.6 Å². The average molecular weight is 414 g/mol. The van der Waals surface area contributed by atoms with E-state index in [-0.39, 0.29) is 41.8 Å². The second kappa shape index (κ2) is 7.97. The number of amides is 1. The molecule has 148 valence electrons. The molecule has 0 spiro atoms. The van der Waals surface area contributed by atoms with Crippen molar-refractivity contribution in [3.63, 3.8) is 0 Å². The van der Waals surface area contributed by atoms with E-state index in [1.165, 1.54) is 27.9 Å². The van der Waals surface area contributed by atoms with E-state index in [4.69, 9.17) is 16.3 Å². The van der Waals surface area contributed by atoms with Crippen molar-refractivity contribution in [3.05, 3.63) is 98.7 Å². The normalized spacial score (nSPS) is 13.0. The molecule has 2 heterocycles. The summed E-state index contributed by atoms with van der Waals surface area (Å²) in [6, 6.07) is 15.3. The van der Waals surface area contributed by atoms with Crippen LogP contribution in [0.4, 0.5) is 4.39 Å². The Morgan fingerprint density at radius 1 is 1.07 bits per heavy atom. The molecule has 0 unspecified atom stereocenters. The van der Waals surface area contributed by atoms with Gasteiger partial charge >= 0.3 is 0 Å². The predicted octanol–water partition coefficient (Wildman–Crippen LogP) is 3.38. The minimum Gasteiger partial charge on any atom is -0.482 e. The zero-order chi connectivity index (χ0) is 20.4. The number of rotatable bonds is 5. The molecule has 0 fully saturated rings. The molecule has 0 aliphatic carbocycles. The summed E-state index contributed by atoms with van der Waals surface area (Å²) >= 11 is 5.83. The van der Waals surface area contributed by atoms with Crippen LogP contribution < -0.4 is 15.6 Å². The first kappa shape index (κ1) is 19.0. The van der Waals surface area contributed by atoms with Gasteiger partial charge in [0.2, 0.25) is 5.43 Å². The van der Waals surface area contributed by atoms with Crippen molar-refractivity contribution in [1.29, 1.82) is 0 Å². The van der Waals surface area contributed by atoms with E-state index in [1.54, 1.807) is 12.1 Å². The van der Waals surface area contributed by atoms with Crippen molar-refractivity contribution >= 4 is 17.5 Å². The fourth-order valence-electron chi connectivity index (χ4n) is 3.11. The van der Waals surface area contributed by atoms with Gasteiger partial charge in [-0.15, -0.1) is 0 Å². The molecule has 1 aliphatic rings. The first-order chi connectivity index (χ1) is 14.0. The largest absolute Gasteiger partial charge is 0.482 e. The zero-order valence-electron chi connectivity index (χ0n) is 15.3. The number of nitrogens with zero attached hydrogens (tertiary/aromatic N) is 2. The molecule has 0 radical (unpaired) electrons. The maximum atomic E-state index is 14.3. The summed E-state index contributed by atoms with van der Waals surface area (Å²) < 4.78 is 21.4. The van der Waals surface area contributed by atoms with Gasteiger partial charge in [0.05, 0.1) is 11.6 Å². The van der Waals surface area contributed by atoms with Crippen LogP contribution in [0.3, 0.4) is 0 Å². The average Bonchev–Trinajstić information content (AvgIpc) is 2.73. The third-order valence-corrected chi connectivity index (χ3v) is 4.89. The Kier molecular flexibility index (Phi) is 5.22. The smallest absolute Gasteiger partial charge is 0.278 e. The molecule has 0 bridgehead atoms. The Morgan fingerprint density at radius 3 is 2.66 bits per heavy atom. The molecule has 0 saturated heterocycles. The fraction of sp³-hybridized carbons (Fsp3) is 0.143. The lowest BCUT2D eigenvalue weighted by Crippen LogP contribution is -2.46. The molecular formula is C21H17ClFN3O3. The molecule has 0 saturated carbocycles. The quantitative estimate of drug-likeness (QED) is 0.696. The van der Waals surface area contributed by atoms with Gasteiger partial charge in [0, 0.05) is 17.8 Å². The molecule has 29 heavy (non-hydrogen) atoms. The third kappa shape index (κ3) is 3.82. The highest BCUT2D eigenvalue weighted by Gasteiger charge is 2.29. The molecule has 1 aromatic heterocycles. The zero-order valence-corrected chi connectivity index (χ0v) is 16.0. The first-order valence-corrected chi connectivity index (χ1v) is 9.31. The Hall–Kier alpha value is -3.32. The number of ether oxygens (including phenoxy) is 1. The monoisotopic (exact) mass is 413 g/mol. The molecule has 4 rings (SSSR count). The van der Waals surface area contributed by atoms with Gasteiger partial charge in [-0.3, -0.25) is 14.3 Å². The minimum absolute atomic E-state index is 0.000559. The van der Waals surface area contributed by atoms with Crippen LogP contribution in [-0.4, -0.2) is 22.2 Å². The molecule has 8 heteroatoms. The van der Waals surface area contributed by atoms with Gasteiger partial charge < -0.3 is 15.1 Å². The Labute approximate surface area is 171 Å². The molecule has 0 atom stereocenters. The summed E-state index contributed by atoms with van der Waals surface area (Å²) in [5.74, 6) is -1.06. The summed E-state index contributed by atoms with van der Waals surface area (Å²) in [7, 11) is 0. The number of halogens is 2. The van der Waals surface area contributed by atoms with E-state index in [1.807, 2.05) is 30.3 Å². The van der Waals surface area contributed by atoms with Gasteiger partial charge in [-0.2, -0.15) is 0 Å². The van der Waals surface area contributed by atoms with Crippen molar-refractivity contribution in [2.24, 2.45) is 0 Å². The van der Waals surface area contributed by atoms with E-state index in [0.717, 1.165) is 5.56 Å². The fourth-order valence-corrected chi connectivity index (χ4v) is 3.30. The minimum atomic E-state index is -0.571. The van der Waals surface area contributed by atoms with Crippen LogP contribution in [0, 0.1) is 5.82 Å². The lowest BCUT2D eigenvalue weighted by Gasteiger charge is -2.32. The van der Waals surface area contributed by atoms with Gasteiger partial charge in [0.15, 0.2) is 11.4 Å². The number of benzene rings is 2. The maximum absolute atomic E-state index is 14.3. The number of hydrogen-bond acceptors (Lipinski definition) is 4. The first-order valence-electron chi connectivity index (χ1n) is 8.93. The van der Waals surface area contributed by atoms with Crippen LogP contribution in [0.15, 0.2) is 65.6 Å². The third-order valence-electron chi connectivity index (χ3n) is 4.60. The molecule has 2 aromatic carbocycles. The molecule has 1 amide bonds. The highest BCUT2D eigenvalue weighted by atomic mass is 35.5. The number of nitrogens with one attached hydrogen (secondary N) is 1. The van der Waals surface area contributed by atoms with Gasteiger partial charge in [0.1, 0.15) is 19.1 Å². The topological polar surface area (TPSA) is 63.6 Å². The number of hydrogen-bond donors (Lipinski definition) is 1. The highest BCUT2D eigenvalue weighted by molar-refractivity contribution is 6.30. The summed E-state index contributed by atoms with van der Waals surface area (Å²) in [5, 5.41) is -0.0107. The Morgan fingerprint density at radius 2 is 1.86 bits per heavy atom. The lowest BCUT2D eigenvalue weighted by atomic mass is 10.2. The summed E-state index contributed by atoms with van der Waals surface area (Å²) in [5.41, 5.74) is 3.83. The number of carbonyl (C=O) groups excluding carboxylic acids is 1. The van der Waals surface area contributed by atoms with E-state index in [9.17, 15) is 14.0 Å². The summed E-state index contributed by atoms with van der Waals surface area (Å²) in [4.78, 5) is 26.9. The Bertz CT molecular complexity index is 1120. The van der Waals surface area contributed by atoms with Crippen molar-refractivity contribution in [2.45, 2.75) is 13.2 Å². The standard InChI is InChI=1S/C21H17ClFN3O3/c22-16-8-4-7-15(18(16)23)11-25-13-24-26-10-9-17(27)20(19(26)21(25)28)29-12-14-5-2-1-3-6-14/h1-10,24H,11-13H2. The van der Waals surface area contributed by atoms with E-state index < -0.39 is 17.2 Å². The van der Waals surface area contributed by atoms with Crippen molar-refractivity contribution < 1.29 is 13.9 Å². The second-order valence-electron chi connectivity index (χ2n) is 6.53. The van der Waals surface area contributed by atoms with Crippen molar-refractivity contribution in [2.75, 3.05) is 12.1 Å². The maximum Gasteiger partial charge on any atom is 0.278 e. The predicted molar refractivity (Wildman–Crippen MR) is 107 cm³/mol. The summed E-state index contributed by atoms with van der Waals surface area (Å²) in [6.07, 6.45) is 1.47. The van der Waals surface area contributed by atoms with Crippen LogP contribution >= 0.6 is 11.6 Å². The SMILES string of the molecule is O=C1c2c(OCc3ccccc3)c(=O)ccn2NCN1Cc1cccc(Cl)c1F. The van der Waals surface area contributed by atoms with E-state index >= 15 is 0 Å². The number of aromatic nitrogens is 1. The number of carbonyl (C=O) groups is 1. The lowest BCUT2D eigenvalue weighted by molar-refractivity contribution is 0.0705. The van der Waals surface area contributed by atoms with E-state index in [2.05, 4.69) is 5.43 Å². The van der Waals surface area contributed by atoms with Gasteiger partial charge in [0.25, 0.3) is 5.91 Å². The molecular weight excluding hydrogens is 397 g/mol. The van der Waals surface area contributed by atoms with Crippen LogP contribution in [0.25, 0.3) is 0 Å². The molecule has 3 aromatic rings. The van der Waals surface area contributed by atoms with Crippen LogP contribution in [0.5, 0.6) is 5.75 Å². The molecule has 1 N–H and O–H groups in total. The highest BCUT2D eigenvalue weighted by Crippen LogP contribution is 2.23. The second-order valence-corrected chi connectivity index (χ2v) is 6.94. The van der Waals surface area contributed by atoms with Crippen molar-refractivity contribution in [1.82, 2.24) is 9.58 Å². The number of fused-ring (bicyclic) bond motifs is 1. The number of pyridine rings is 1. The Balaban J connectivity index is 1.63. The van der Waals surface area contributed by atoms with E-state index in [0.29, 0.717) is 0 Å². The van der Waals surface area contributed by atoms with Gasteiger partial charge in [-0.25, -0.2) is 4.39 Å². The van der Waals surface area contributed by atoms with Gasteiger partial charge in [-0.05, 0) is 11.6 Å². The van der Waals surface area contributed by atoms with Gasteiger partial charge in [-0.1, -0.05) is 54.1 Å². The van der Waals surface area contributed by atoms with Crippen molar-refractivity contribution in [3.8, 4) is 5.75 Å². The summed E-state index contributed by atoms with van der Waals surface area (Å²) in [6.45, 7) is 0.279. The van der Waals surface area contributed by atoms with Crippen LogP contribution in [-0.2, 0) is 13.2 Å².